The summed E-state index contributed by atoms with van der Waals surface area (Å²) in [6, 6.07) is 9.68. The van der Waals surface area contributed by atoms with Gasteiger partial charge < -0.3 is 4.90 Å². The number of pyridine rings is 1. The van der Waals surface area contributed by atoms with Crippen molar-refractivity contribution in [2.45, 2.75) is 23.5 Å². The number of non-ortho nitro benzene ring substituents is 1. The summed E-state index contributed by atoms with van der Waals surface area (Å²) in [7, 11) is 3.15. The number of nitro groups is 1. The predicted octanol–water partition coefficient (Wildman–Crippen LogP) is 1.91. The minimum atomic E-state index is -0.510. The molecule has 2 aromatic rings. The fourth-order valence-electron chi connectivity index (χ4n) is 3.85. The van der Waals surface area contributed by atoms with Crippen molar-refractivity contribution >= 4 is 29.4 Å². The summed E-state index contributed by atoms with van der Waals surface area (Å²) in [5.41, 5.74) is 1.81. The van der Waals surface area contributed by atoms with Gasteiger partial charge in [-0.3, -0.25) is 35.4 Å². The lowest BCUT2D eigenvalue weighted by Crippen LogP contribution is -2.72. The zero-order valence-corrected chi connectivity index (χ0v) is 17.8. The summed E-state index contributed by atoms with van der Waals surface area (Å²) < 4.78 is 0. The lowest BCUT2D eigenvalue weighted by Gasteiger charge is -2.50. The Labute approximate surface area is 183 Å². The first-order valence-corrected chi connectivity index (χ1v) is 10.7. The van der Waals surface area contributed by atoms with Crippen molar-refractivity contribution in [3.8, 4) is 0 Å². The van der Waals surface area contributed by atoms with Gasteiger partial charge in [-0.2, -0.15) is 0 Å². The summed E-state index contributed by atoms with van der Waals surface area (Å²) >= 11 is 1.57. The first kappa shape index (κ1) is 21.2. The number of thioether (sulfide) groups is 1. The van der Waals surface area contributed by atoms with E-state index in [-0.39, 0.29) is 29.2 Å². The van der Waals surface area contributed by atoms with Crippen molar-refractivity contribution in [1.29, 1.82) is 0 Å². The molecule has 4 unspecified atom stereocenters. The van der Waals surface area contributed by atoms with E-state index in [4.69, 9.17) is 0 Å². The number of nitro benzene ring substituents is 1. The quantitative estimate of drug-likeness (QED) is 0.532. The number of nitrogens with zero attached hydrogens (tertiary/aromatic N) is 4. The smallest absolute Gasteiger partial charge is 0.311 e. The summed E-state index contributed by atoms with van der Waals surface area (Å²) in [5, 5.41) is 17.5. The zero-order valence-electron chi connectivity index (χ0n) is 17.0. The summed E-state index contributed by atoms with van der Waals surface area (Å²) in [5.74, 6) is -0.112. The van der Waals surface area contributed by atoms with Crippen LogP contribution in [0.2, 0.25) is 0 Å². The van der Waals surface area contributed by atoms with Crippen LogP contribution in [0.25, 0.3) is 0 Å². The highest BCUT2D eigenvalue weighted by Crippen LogP contribution is 2.35. The van der Waals surface area contributed by atoms with E-state index in [1.807, 2.05) is 12.1 Å². The number of nitrogens with one attached hydrogen (secondary N) is 2. The Bertz CT molecular complexity index is 989. The number of fused-ring (bicyclic) bond motifs is 1. The second-order valence-electron chi connectivity index (χ2n) is 7.47. The average Bonchev–Trinajstić information content (AvgIpc) is 2.80. The largest absolute Gasteiger partial charge is 0.327 e. The van der Waals surface area contributed by atoms with Crippen molar-refractivity contribution in [1.82, 2.24) is 25.4 Å². The zero-order chi connectivity index (χ0) is 22.1. The third-order valence-corrected chi connectivity index (χ3v) is 6.83. The van der Waals surface area contributed by atoms with Gasteiger partial charge >= 0.3 is 6.03 Å². The van der Waals surface area contributed by atoms with Crippen LogP contribution in [-0.2, 0) is 10.5 Å². The number of urea groups is 1. The van der Waals surface area contributed by atoms with Crippen LogP contribution >= 0.6 is 11.8 Å². The maximum absolute atomic E-state index is 13.0. The predicted molar refractivity (Wildman–Crippen MR) is 115 cm³/mol. The van der Waals surface area contributed by atoms with Crippen LogP contribution in [0, 0.1) is 16.0 Å². The number of carbonyl (C=O) groups is 2. The molecule has 11 heteroatoms. The molecule has 2 aliphatic rings. The second-order valence-corrected chi connectivity index (χ2v) is 8.60. The van der Waals surface area contributed by atoms with Crippen LogP contribution in [0.15, 0.2) is 48.8 Å². The first-order valence-electron chi connectivity index (χ1n) is 9.68. The Hall–Kier alpha value is -3.02. The van der Waals surface area contributed by atoms with Crippen LogP contribution in [0.4, 0.5) is 10.5 Å². The van der Waals surface area contributed by atoms with E-state index in [0.29, 0.717) is 5.75 Å². The molecule has 0 aliphatic carbocycles. The van der Waals surface area contributed by atoms with Gasteiger partial charge in [-0.25, -0.2) is 4.79 Å². The molecular formula is C20H22N6O4S. The Morgan fingerprint density at radius 2 is 1.90 bits per heavy atom. The molecule has 31 heavy (non-hydrogen) atoms. The Kier molecular flexibility index (Phi) is 5.90. The summed E-state index contributed by atoms with van der Waals surface area (Å²) in [6.07, 6.45) is 2.59. The number of rotatable bonds is 5. The summed E-state index contributed by atoms with van der Waals surface area (Å²) in [6.45, 7) is 0. The molecule has 4 atom stereocenters. The molecule has 2 saturated heterocycles. The summed E-state index contributed by atoms with van der Waals surface area (Å²) in [4.78, 5) is 42.9. The van der Waals surface area contributed by atoms with E-state index in [1.54, 1.807) is 43.3 Å². The monoisotopic (exact) mass is 442 g/mol. The van der Waals surface area contributed by atoms with E-state index < -0.39 is 17.0 Å². The van der Waals surface area contributed by atoms with Crippen molar-refractivity contribution in [3.05, 3.63) is 70.0 Å². The molecular weight excluding hydrogens is 420 g/mol. The lowest BCUT2D eigenvalue weighted by molar-refractivity contribution is -0.384. The lowest BCUT2D eigenvalue weighted by atomic mass is 9.96. The topological polar surface area (TPSA) is 121 Å². The van der Waals surface area contributed by atoms with E-state index >= 15 is 0 Å². The number of carbonyl (C=O) groups excluding carboxylic acids is 2. The molecule has 3 amide bonds. The van der Waals surface area contributed by atoms with Crippen molar-refractivity contribution in [2.75, 3.05) is 14.1 Å². The molecule has 2 N–H and O–H groups in total. The van der Waals surface area contributed by atoms with Crippen molar-refractivity contribution in [2.24, 2.45) is 5.92 Å². The second kappa shape index (κ2) is 8.61. The van der Waals surface area contributed by atoms with E-state index in [1.165, 1.54) is 24.1 Å². The van der Waals surface area contributed by atoms with Gasteiger partial charge in [-0.05, 0) is 29.3 Å². The Balaban J connectivity index is 1.62. The molecule has 3 heterocycles. The van der Waals surface area contributed by atoms with Gasteiger partial charge in [0.25, 0.3) is 5.69 Å². The third kappa shape index (κ3) is 4.11. The first-order chi connectivity index (χ1) is 14.9. The standard InChI is InChI=1S/C20H22N6O4S/c1-24-17-15(19(27)25(2)20(24)28)18(31-11-12-4-3-9-21-10-12)23-16(22-17)13-5-7-14(8-6-13)26(29)30/h3-10,15-18,22-23H,11H2,1-2H3. The molecule has 2 aliphatic heterocycles. The minimum Gasteiger partial charge on any atom is -0.311 e. The Morgan fingerprint density at radius 1 is 1.16 bits per heavy atom. The maximum atomic E-state index is 13.0. The van der Waals surface area contributed by atoms with E-state index in [9.17, 15) is 19.7 Å². The van der Waals surface area contributed by atoms with Gasteiger partial charge in [0.05, 0.1) is 28.5 Å². The van der Waals surface area contributed by atoms with Crippen LogP contribution < -0.4 is 10.6 Å². The van der Waals surface area contributed by atoms with Gasteiger partial charge in [0.2, 0.25) is 5.91 Å². The fourth-order valence-corrected chi connectivity index (χ4v) is 5.10. The molecule has 10 nitrogen and oxygen atoms in total. The highest BCUT2D eigenvalue weighted by atomic mass is 32.2. The molecule has 1 aromatic carbocycles. The van der Waals surface area contributed by atoms with Gasteiger partial charge in [0, 0.05) is 44.4 Å². The number of hydrogen-bond donors (Lipinski definition) is 2. The molecule has 0 bridgehead atoms. The number of hydrogen-bond acceptors (Lipinski definition) is 8. The van der Waals surface area contributed by atoms with Crippen molar-refractivity contribution < 1.29 is 14.5 Å². The highest BCUT2D eigenvalue weighted by molar-refractivity contribution is 7.99. The van der Waals surface area contributed by atoms with Gasteiger partial charge in [0.1, 0.15) is 0 Å². The highest BCUT2D eigenvalue weighted by Gasteiger charge is 2.51. The molecule has 0 radical (unpaired) electrons. The van der Waals surface area contributed by atoms with E-state index in [0.717, 1.165) is 16.0 Å². The minimum absolute atomic E-state index is 0.00158. The van der Waals surface area contributed by atoms with Crippen LogP contribution in [0.5, 0.6) is 0 Å². The normalized spacial score (nSPS) is 26.0. The molecule has 0 saturated carbocycles. The number of aromatic nitrogens is 1. The number of imide groups is 1. The maximum Gasteiger partial charge on any atom is 0.327 e. The molecule has 1 aromatic heterocycles. The number of amides is 3. The SMILES string of the molecule is CN1C(=O)C2C(SCc3cccnc3)NC(c3ccc([N+](=O)[O-])cc3)NC2N(C)C1=O. The molecule has 0 spiro atoms. The number of benzene rings is 1. The van der Waals surface area contributed by atoms with Gasteiger partial charge in [-0.1, -0.05) is 6.07 Å². The molecule has 2 fully saturated rings. The van der Waals surface area contributed by atoms with Gasteiger partial charge in [0.15, 0.2) is 0 Å². The van der Waals surface area contributed by atoms with Crippen LogP contribution in [0.3, 0.4) is 0 Å². The third-order valence-electron chi connectivity index (χ3n) is 5.55. The van der Waals surface area contributed by atoms with Gasteiger partial charge in [-0.15, -0.1) is 11.8 Å². The van der Waals surface area contributed by atoms with Crippen LogP contribution in [0.1, 0.15) is 17.3 Å². The average molecular weight is 443 g/mol. The van der Waals surface area contributed by atoms with Crippen molar-refractivity contribution in [3.63, 3.8) is 0 Å². The van der Waals surface area contributed by atoms with Crippen LogP contribution in [-0.4, -0.2) is 57.3 Å². The van der Waals surface area contributed by atoms with E-state index in [2.05, 4.69) is 15.6 Å². The fraction of sp³-hybridized carbons (Fsp3) is 0.350. The molecule has 4 rings (SSSR count). The Morgan fingerprint density at radius 3 is 2.55 bits per heavy atom. The molecule has 162 valence electrons.